The average Bonchev–Trinajstić information content (AvgIpc) is 2.99. The van der Waals surface area contributed by atoms with Crippen LogP contribution in [0.5, 0.6) is 0 Å². The lowest BCUT2D eigenvalue weighted by atomic mass is 9.97. The number of nitrogens with zero attached hydrogens (tertiary/aromatic N) is 2. The summed E-state index contributed by atoms with van der Waals surface area (Å²) in [6.45, 7) is 1.87. The van der Waals surface area contributed by atoms with E-state index in [-0.39, 0.29) is 27.7 Å². The molecule has 0 aliphatic carbocycles. The van der Waals surface area contributed by atoms with Crippen LogP contribution in [-0.2, 0) is 0 Å². The minimum Gasteiger partial charge on any atom is -0.475 e. The van der Waals surface area contributed by atoms with Crippen LogP contribution in [0.2, 0.25) is 0 Å². The fourth-order valence-electron chi connectivity index (χ4n) is 2.55. The van der Waals surface area contributed by atoms with E-state index in [0.717, 1.165) is 5.56 Å². The van der Waals surface area contributed by atoms with E-state index in [1.807, 2.05) is 19.1 Å². The summed E-state index contributed by atoms with van der Waals surface area (Å²) in [5.74, 6) is -2.44. The number of fused-ring (bicyclic) bond motifs is 1. The molecule has 0 fully saturated rings. The lowest BCUT2D eigenvalue weighted by Crippen LogP contribution is -2.07. The van der Waals surface area contributed by atoms with Gasteiger partial charge in [0.25, 0.3) is 0 Å². The van der Waals surface area contributed by atoms with Crippen LogP contribution >= 0.6 is 0 Å². The van der Waals surface area contributed by atoms with Crippen molar-refractivity contribution in [1.82, 2.24) is 0 Å². The van der Waals surface area contributed by atoms with Crippen LogP contribution in [0.15, 0.2) is 40.8 Å². The Morgan fingerprint density at radius 2 is 1.64 bits per heavy atom. The number of rotatable bonds is 3. The Hall–Kier alpha value is -3.90. The van der Waals surface area contributed by atoms with Gasteiger partial charge in [-0.25, -0.2) is 4.79 Å². The zero-order chi connectivity index (χ0) is 18.1. The quantitative estimate of drug-likeness (QED) is 0.736. The number of aromatic carboxylic acids is 1. The lowest BCUT2D eigenvalue weighted by Gasteiger charge is -2.02. The van der Waals surface area contributed by atoms with E-state index in [2.05, 4.69) is 0 Å². The van der Waals surface area contributed by atoms with Crippen LogP contribution in [0.4, 0.5) is 0 Å². The van der Waals surface area contributed by atoms with Gasteiger partial charge in [0.05, 0.1) is 16.7 Å². The molecule has 1 heterocycles. The summed E-state index contributed by atoms with van der Waals surface area (Å²) < 4.78 is 5.29. The molecule has 3 rings (SSSR count). The number of benzene rings is 2. The van der Waals surface area contributed by atoms with Gasteiger partial charge in [-0.2, -0.15) is 10.5 Å². The smallest absolute Gasteiger partial charge is 0.372 e. The molecule has 1 N–H and O–H groups in total. The zero-order valence-corrected chi connectivity index (χ0v) is 13.0. The Labute approximate surface area is 142 Å². The van der Waals surface area contributed by atoms with Crippen molar-refractivity contribution in [1.29, 1.82) is 10.5 Å². The van der Waals surface area contributed by atoms with E-state index >= 15 is 0 Å². The molecule has 6 heteroatoms. The minimum atomic E-state index is -1.40. The largest absolute Gasteiger partial charge is 0.475 e. The third kappa shape index (κ3) is 2.62. The molecule has 0 bridgehead atoms. The van der Waals surface area contributed by atoms with Crippen LogP contribution < -0.4 is 0 Å². The first-order chi connectivity index (χ1) is 12.0. The first-order valence-corrected chi connectivity index (χ1v) is 7.21. The number of furan rings is 1. The second-order valence-corrected chi connectivity index (χ2v) is 5.42. The lowest BCUT2D eigenvalue weighted by molar-refractivity contribution is 0.0660. The number of carboxylic acid groups (broad SMARTS) is 1. The van der Waals surface area contributed by atoms with Gasteiger partial charge in [0.2, 0.25) is 5.76 Å². The molecule has 0 amide bonds. The van der Waals surface area contributed by atoms with Gasteiger partial charge in [-0.3, -0.25) is 4.79 Å². The molecule has 0 aliphatic rings. The second-order valence-electron chi connectivity index (χ2n) is 5.42. The van der Waals surface area contributed by atoms with Crippen LogP contribution in [-0.4, -0.2) is 16.9 Å². The third-order valence-electron chi connectivity index (χ3n) is 3.80. The molecule has 0 spiro atoms. The van der Waals surface area contributed by atoms with Gasteiger partial charge in [0.15, 0.2) is 5.78 Å². The second kappa shape index (κ2) is 5.95. The number of nitriles is 2. The highest BCUT2D eigenvalue weighted by Gasteiger charge is 2.27. The van der Waals surface area contributed by atoms with E-state index < -0.39 is 17.5 Å². The summed E-state index contributed by atoms with van der Waals surface area (Å²) >= 11 is 0. The van der Waals surface area contributed by atoms with Gasteiger partial charge in [-0.15, -0.1) is 0 Å². The van der Waals surface area contributed by atoms with Crippen molar-refractivity contribution in [3.8, 4) is 12.1 Å². The molecule has 0 atom stereocenters. The number of hydrogen-bond acceptors (Lipinski definition) is 5. The highest BCUT2D eigenvalue weighted by Crippen LogP contribution is 2.30. The molecular formula is C19H10N2O4. The number of carbonyl (C=O) groups excluding carboxylic acids is 1. The molecular weight excluding hydrogens is 320 g/mol. The van der Waals surface area contributed by atoms with Crippen LogP contribution in [0.1, 0.15) is 43.2 Å². The van der Waals surface area contributed by atoms with Crippen molar-refractivity contribution in [2.75, 3.05) is 0 Å². The van der Waals surface area contributed by atoms with Crippen molar-refractivity contribution in [2.45, 2.75) is 6.92 Å². The molecule has 0 saturated heterocycles. The number of hydrogen-bond donors (Lipinski definition) is 1. The number of carbonyl (C=O) groups is 2. The maximum Gasteiger partial charge on any atom is 0.372 e. The molecule has 0 unspecified atom stereocenters. The van der Waals surface area contributed by atoms with Crippen molar-refractivity contribution in [2.24, 2.45) is 0 Å². The average molecular weight is 330 g/mol. The topological polar surface area (TPSA) is 115 Å². The van der Waals surface area contributed by atoms with E-state index in [4.69, 9.17) is 14.9 Å². The first-order valence-electron chi connectivity index (χ1n) is 7.21. The molecule has 25 heavy (non-hydrogen) atoms. The Kier molecular flexibility index (Phi) is 3.80. The van der Waals surface area contributed by atoms with Crippen LogP contribution in [0.25, 0.3) is 11.0 Å². The highest BCUT2D eigenvalue weighted by atomic mass is 16.4. The molecule has 120 valence electrons. The van der Waals surface area contributed by atoms with Crippen molar-refractivity contribution in [3.63, 3.8) is 0 Å². The molecule has 2 aromatic carbocycles. The predicted octanol–water partition coefficient (Wildman–Crippen LogP) is 3.41. The fourth-order valence-corrected chi connectivity index (χ4v) is 2.55. The Morgan fingerprint density at radius 1 is 1.04 bits per heavy atom. The molecule has 0 radical (unpaired) electrons. The summed E-state index contributed by atoms with van der Waals surface area (Å²) in [5.41, 5.74) is 1.30. The highest BCUT2D eigenvalue weighted by molar-refractivity contribution is 6.20. The van der Waals surface area contributed by atoms with Gasteiger partial charge in [0.1, 0.15) is 17.7 Å². The van der Waals surface area contributed by atoms with E-state index in [9.17, 15) is 14.7 Å². The van der Waals surface area contributed by atoms with Crippen molar-refractivity contribution < 1.29 is 19.1 Å². The van der Waals surface area contributed by atoms with Gasteiger partial charge in [-0.05, 0) is 13.0 Å². The molecule has 0 aliphatic heterocycles. The predicted molar refractivity (Wildman–Crippen MR) is 87.2 cm³/mol. The van der Waals surface area contributed by atoms with Crippen molar-refractivity contribution in [3.05, 3.63) is 70.0 Å². The van der Waals surface area contributed by atoms with Gasteiger partial charge in [-0.1, -0.05) is 29.8 Å². The van der Waals surface area contributed by atoms with E-state index in [1.54, 1.807) is 24.3 Å². The molecule has 3 aromatic rings. The summed E-state index contributed by atoms with van der Waals surface area (Å²) in [6.07, 6.45) is 0. The first kappa shape index (κ1) is 16.0. The summed E-state index contributed by atoms with van der Waals surface area (Å²) in [7, 11) is 0. The van der Waals surface area contributed by atoms with Gasteiger partial charge < -0.3 is 9.52 Å². The number of aryl methyl sites for hydroxylation is 1. The summed E-state index contributed by atoms with van der Waals surface area (Å²) in [5, 5.41) is 27.8. The molecule has 6 nitrogen and oxygen atoms in total. The monoisotopic (exact) mass is 330 g/mol. The standard InChI is InChI=1S/C19H10N2O4/c1-10-2-4-11(5-3-10)17(22)16-14-6-12(8-20)13(9-21)7-15(14)25-18(16)19(23)24/h2-7H,1H3,(H,23,24). The van der Waals surface area contributed by atoms with Crippen molar-refractivity contribution >= 4 is 22.7 Å². The van der Waals surface area contributed by atoms with Crippen LogP contribution in [0, 0.1) is 29.6 Å². The van der Waals surface area contributed by atoms with E-state index in [0.29, 0.717) is 5.56 Å². The maximum atomic E-state index is 12.8. The maximum absolute atomic E-state index is 12.8. The fraction of sp³-hybridized carbons (Fsp3) is 0.0526. The SMILES string of the molecule is Cc1ccc(C(=O)c2c(C(=O)O)oc3cc(C#N)c(C#N)cc23)cc1. The van der Waals surface area contributed by atoms with Crippen LogP contribution in [0.3, 0.4) is 0 Å². The minimum absolute atomic E-state index is 0.0469. The zero-order valence-electron chi connectivity index (χ0n) is 13.0. The number of ketones is 1. The van der Waals surface area contributed by atoms with Gasteiger partial charge >= 0.3 is 5.97 Å². The summed E-state index contributed by atoms with van der Waals surface area (Å²) in [4.78, 5) is 24.4. The molecule has 1 aromatic heterocycles. The summed E-state index contributed by atoms with van der Waals surface area (Å²) in [6, 6.07) is 13.0. The Balaban J connectivity index is 2.32. The number of carboxylic acids is 1. The Bertz CT molecular complexity index is 1110. The van der Waals surface area contributed by atoms with Gasteiger partial charge in [0, 0.05) is 17.0 Å². The van der Waals surface area contributed by atoms with E-state index in [1.165, 1.54) is 12.1 Å². The normalized spacial score (nSPS) is 10.2. The third-order valence-corrected chi connectivity index (χ3v) is 3.80. The molecule has 0 saturated carbocycles. The Morgan fingerprint density at radius 3 is 2.20 bits per heavy atom.